The lowest BCUT2D eigenvalue weighted by Gasteiger charge is -2.12. The van der Waals surface area contributed by atoms with E-state index in [1.54, 1.807) is 21.0 Å². The molecule has 0 heterocycles. The third-order valence-corrected chi connectivity index (χ3v) is 4.65. The molecule has 0 aromatic heterocycles. The third kappa shape index (κ3) is 5.70. The van der Waals surface area contributed by atoms with Crippen LogP contribution in [-0.4, -0.2) is 41.9 Å². The first-order chi connectivity index (χ1) is 9.88. The third-order valence-electron chi connectivity index (χ3n) is 2.88. The quantitative estimate of drug-likeness (QED) is 0.705. The molecule has 1 aromatic carbocycles. The SMILES string of the molecule is COCCOCCCNS(=O)(=O)c1c(C)cc(F)cc1C. The number of sulfonamides is 1. The van der Waals surface area contributed by atoms with Crippen molar-refractivity contribution in [3.05, 3.63) is 29.1 Å². The normalized spacial score (nSPS) is 11.8. The van der Waals surface area contributed by atoms with E-state index in [2.05, 4.69) is 4.72 Å². The molecule has 0 atom stereocenters. The molecule has 0 bridgehead atoms. The van der Waals surface area contributed by atoms with Crippen LogP contribution in [0.15, 0.2) is 17.0 Å². The van der Waals surface area contributed by atoms with Gasteiger partial charge in [-0.3, -0.25) is 0 Å². The van der Waals surface area contributed by atoms with Crippen LogP contribution in [0.4, 0.5) is 4.39 Å². The van der Waals surface area contributed by atoms with E-state index in [1.807, 2.05) is 0 Å². The Morgan fingerprint density at radius 1 is 1.14 bits per heavy atom. The molecule has 0 aliphatic carbocycles. The van der Waals surface area contributed by atoms with E-state index < -0.39 is 15.8 Å². The largest absolute Gasteiger partial charge is 0.382 e. The van der Waals surface area contributed by atoms with Crippen molar-refractivity contribution in [3.63, 3.8) is 0 Å². The smallest absolute Gasteiger partial charge is 0.241 e. The number of halogens is 1. The van der Waals surface area contributed by atoms with Gasteiger partial charge >= 0.3 is 0 Å². The van der Waals surface area contributed by atoms with Gasteiger partial charge < -0.3 is 9.47 Å². The highest BCUT2D eigenvalue weighted by Gasteiger charge is 2.19. The molecule has 0 saturated carbocycles. The summed E-state index contributed by atoms with van der Waals surface area (Å²) in [5, 5.41) is 0. The van der Waals surface area contributed by atoms with Gasteiger partial charge in [-0.1, -0.05) is 0 Å². The van der Waals surface area contributed by atoms with Gasteiger partial charge in [0.15, 0.2) is 0 Å². The molecule has 0 aliphatic heterocycles. The van der Waals surface area contributed by atoms with Crippen LogP contribution in [0.2, 0.25) is 0 Å². The molecule has 0 radical (unpaired) electrons. The molecule has 21 heavy (non-hydrogen) atoms. The summed E-state index contributed by atoms with van der Waals surface area (Å²) in [7, 11) is -2.04. The Morgan fingerprint density at radius 2 is 1.76 bits per heavy atom. The summed E-state index contributed by atoms with van der Waals surface area (Å²) >= 11 is 0. The molecule has 7 heteroatoms. The second kappa shape index (κ2) is 8.43. The summed E-state index contributed by atoms with van der Waals surface area (Å²) in [5.41, 5.74) is 0.799. The van der Waals surface area contributed by atoms with Crippen LogP contribution in [-0.2, 0) is 19.5 Å². The van der Waals surface area contributed by atoms with E-state index in [9.17, 15) is 12.8 Å². The van der Waals surface area contributed by atoms with Crippen molar-refractivity contribution in [2.45, 2.75) is 25.2 Å². The van der Waals surface area contributed by atoms with E-state index in [0.717, 1.165) is 0 Å². The highest BCUT2D eigenvalue weighted by atomic mass is 32.2. The van der Waals surface area contributed by atoms with Crippen LogP contribution >= 0.6 is 0 Å². The minimum Gasteiger partial charge on any atom is -0.382 e. The van der Waals surface area contributed by atoms with Gasteiger partial charge in [-0.2, -0.15) is 0 Å². The van der Waals surface area contributed by atoms with Gasteiger partial charge in [-0.05, 0) is 43.5 Å². The molecule has 0 spiro atoms. The summed E-state index contributed by atoms with van der Waals surface area (Å²) in [6.07, 6.45) is 0.558. The van der Waals surface area contributed by atoms with Crippen LogP contribution in [0.3, 0.4) is 0 Å². The summed E-state index contributed by atoms with van der Waals surface area (Å²) in [6, 6.07) is 2.44. The number of nitrogens with one attached hydrogen (secondary N) is 1. The fourth-order valence-electron chi connectivity index (χ4n) is 2.02. The van der Waals surface area contributed by atoms with Crippen molar-refractivity contribution < 1.29 is 22.3 Å². The molecular formula is C14H22FNO4S. The molecule has 120 valence electrons. The van der Waals surface area contributed by atoms with E-state index in [4.69, 9.17) is 9.47 Å². The fourth-order valence-corrected chi connectivity index (χ4v) is 3.54. The van der Waals surface area contributed by atoms with Gasteiger partial charge in [0.2, 0.25) is 10.0 Å². The van der Waals surface area contributed by atoms with Gasteiger partial charge in [-0.15, -0.1) is 0 Å². The predicted molar refractivity (Wildman–Crippen MR) is 78.4 cm³/mol. The number of ether oxygens (including phenoxy) is 2. The first-order valence-corrected chi connectivity index (χ1v) is 8.20. The average Bonchev–Trinajstić information content (AvgIpc) is 2.35. The Hall–Kier alpha value is -1.02. The van der Waals surface area contributed by atoms with Crippen molar-refractivity contribution in [1.82, 2.24) is 4.72 Å². The number of benzene rings is 1. The molecular weight excluding hydrogens is 297 g/mol. The minimum atomic E-state index is -3.63. The highest BCUT2D eigenvalue weighted by Crippen LogP contribution is 2.21. The molecule has 0 unspecified atom stereocenters. The Bertz CT molecular complexity index is 537. The van der Waals surface area contributed by atoms with Crippen LogP contribution in [0.25, 0.3) is 0 Å². The molecule has 0 aliphatic rings. The van der Waals surface area contributed by atoms with Gasteiger partial charge in [0.05, 0.1) is 18.1 Å². The summed E-state index contributed by atoms with van der Waals surface area (Å²) in [6.45, 7) is 4.88. The summed E-state index contributed by atoms with van der Waals surface area (Å²) in [4.78, 5) is 0.143. The summed E-state index contributed by atoms with van der Waals surface area (Å²) in [5.74, 6) is -0.435. The monoisotopic (exact) mass is 319 g/mol. The van der Waals surface area contributed by atoms with Crippen molar-refractivity contribution in [2.24, 2.45) is 0 Å². The number of rotatable bonds is 9. The first-order valence-electron chi connectivity index (χ1n) is 6.71. The van der Waals surface area contributed by atoms with Crippen molar-refractivity contribution >= 4 is 10.0 Å². The molecule has 5 nitrogen and oxygen atoms in total. The fraction of sp³-hybridized carbons (Fsp3) is 0.571. The van der Waals surface area contributed by atoms with Gasteiger partial charge in [0, 0.05) is 20.3 Å². The molecule has 0 fully saturated rings. The second-order valence-corrected chi connectivity index (χ2v) is 6.43. The molecule has 1 aromatic rings. The Kier molecular flexibility index (Phi) is 7.24. The van der Waals surface area contributed by atoms with Crippen LogP contribution in [0.1, 0.15) is 17.5 Å². The maximum absolute atomic E-state index is 13.2. The van der Waals surface area contributed by atoms with Gasteiger partial charge in [0.1, 0.15) is 5.82 Å². The van der Waals surface area contributed by atoms with Gasteiger partial charge in [0.25, 0.3) is 0 Å². The lowest BCUT2D eigenvalue weighted by molar-refractivity contribution is 0.0699. The van der Waals surface area contributed by atoms with Crippen LogP contribution in [0, 0.1) is 19.7 Å². The molecule has 1 N–H and O–H groups in total. The van der Waals surface area contributed by atoms with E-state index in [1.165, 1.54) is 12.1 Å². The zero-order chi connectivity index (χ0) is 15.9. The van der Waals surface area contributed by atoms with Crippen LogP contribution < -0.4 is 4.72 Å². The van der Waals surface area contributed by atoms with E-state index in [-0.39, 0.29) is 11.4 Å². The second-order valence-electron chi connectivity index (χ2n) is 4.73. The van der Waals surface area contributed by atoms with Crippen molar-refractivity contribution in [3.8, 4) is 0 Å². The Morgan fingerprint density at radius 3 is 2.33 bits per heavy atom. The molecule has 0 amide bonds. The predicted octanol–water partition coefficient (Wildman–Crippen LogP) is 1.77. The lowest BCUT2D eigenvalue weighted by atomic mass is 10.1. The number of aryl methyl sites for hydroxylation is 2. The average molecular weight is 319 g/mol. The zero-order valence-corrected chi connectivity index (χ0v) is 13.4. The molecule has 1 rings (SSSR count). The number of methoxy groups -OCH3 is 1. The van der Waals surface area contributed by atoms with E-state index >= 15 is 0 Å². The zero-order valence-electron chi connectivity index (χ0n) is 12.6. The topological polar surface area (TPSA) is 64.6 Å². The van der Waals surface area contributed by atoms with Gasteiger partial charge in [-0.25, -0.2) is 17.5 Å². The summed E-state index contributed by atoms with van der Waals surface area (Å²) < 4.78 is 50.2. The van der Waals surface area contributed by atoms with Crippen molar-refractivity contribution in [1.29, 1.82) is 0 Å². The van der Waals surface area contributed by atoms with Crippen LogP contribution in [0.5, 0.6) is 0 Å². The van der Waals surface area contributed by atoms with Crippen molar-refractivity contribution in [2.75, 3.05) is 33.5 Å². The standard InChI is InChI=1S/C14H22FNO4S/c1-11-9-13(15)10-12(2)14(11)21(17,18)16-5-4-6-20-8-7-19-3/h9-10,16H,4-8H2,1-3H3. The Labute approximate surface area is 125 Å². The minimum absolute atomic E-state index is 0.143. The number of hydrogen-bond donors (Lipinski definition) is 1. The number of hydrogen-bond acceptors (Lipinski definition) is 4. The first kappa shape index (κ1) is 18.0. The van der Waals surface area contributed by atoms with E-state index in [0.29, 0.717) is 37.4 Å². The Balaban J connectivity index is 2.55. The molecule has 0 saturated heterocycles. The lowest BCUT2D eigenvalue weighted by Crippen LogP contribution is -2.27. The maximum atomic E-state index is 13.2. The highest BCUT2D eigenvalue weighted by molar-refractivity contribution is 7.89. The maximum Gasteiger partial charge on any atom is 0.241 e.